The molecule has 3 heteroatoms. The maximum atomic E-state index is 13.0. The molecule has 1 aliphatic rings. The van der Waals surface area contributed by atoms with Gasteiger partial charge in [-0.3, -0.25) is 0 Å². The molecule has 2 aromatic rings. The van der Waals surface area contributed by atoms with E-state index in [1.165, 1.54) is 263 Å². The van der Waals surface area contributed by atoms with Gasteiger partial charge in [0.05, 0.1) is 0 Å². The van der Waals surface area contributed by atoms with Crippen LogP contribution in [0.2, 0.25) is 10.8 Å². The quantitative estimate of drug-likeness (QED) is 0.0359. The Labute approximate surface area is 465 Å². The Bertz CT molecular complexity index is 1710. The van der Waals surface area contributed by atoms with E-state index in [2.05, 4.69) is 90.4 Å². The van der Waals surface area contributed by atoms with E-state index in [1.54, 1.807) is 15.8 Å². The van der Waals surface area contributed by atoms with Gasteiger partial charge in [0, 0.05) is 22.3 Å². The fourth-order valence-corrected chi connectivity index (χ4v) is 12.0. The van der Waals surface area contributed by atoms with Crippen molar-refractivity contribution in [2.75, 3.05) is 0 Å². The van der Waals surface area contributed by atoms with Crippen LogP contribution < -0.4 is 0 Å². The van der Waals surface area contributed by atoms with Gasteiger partial charge >= 0.3 is 28.8 Å². The Morgan fingerprint density at radius 3 is 0.740 bits per heavy atom. The van der Waals surface area contributed by atoms with E-state index in [0.29, 0.717) is 0 Å². The molecule has 1 aliphatic heterocycles. The molecular weight excluding hydrogens is 975 g/mol. The van der Waals surface area contributed by atoms with Crippen molar-refractivity contribution in [3.05, 3.63) is 85.5 Å². The predicted molar refractivity (Wildman–Crippen MR) is 325 cm³/mol. The van der Waals surface area contributed by atoms with Crippen LogP contribution in [0.5, 0.6) is 0 Å². The zero-order valence-electron chi connectivity index (χ0n) is 50.6. The first kappa shape index (κ1) is 67.3. The van der Waals surface area contributed by atoms with Crippen molar-refractivity contribution in [3.8, 4) is 0 Å². The molecule has 0 saturated heterocycles. The first-order valence-electron chi connectivity index (χ1n) is 32.3. The van der Waals surface area contributed by atoms with Crippen molar-refractivity contribution in [2.45, 2.75) is 349 Å². The topological polar surface area (TPSA) is 25.3 Å². The van der Waals surface area contributed by atoms with Gasteiger partial charge in [-0.25, -0.2) is 4.70 Å². The van der Waals surface area contributed by atoms with Crippen molar-refractivity contribution in [1.29, 1.82) is 0 Å². The fourth-order valence-electron chi connectivity index (χ4n) is 12.0. The summed E-state index contributed by atoms with van der Waals surface area (Å²) in [5.41, 5.74) is 30.0. The molecule has 0 saturated carbocycles. The van der Waals surface area contributed by atoms with Crippen molar-refractivity contribution < 1.29 is 22.7 Å². The molecule has 0 N–H and O–H groups in total. The van der Waals surface area contributed by atoms with Gasteiger partial charge in [-0.2, -0.15) is 0 Å². The molecule has 422 valence electrons. The third kappa shape index (κ3) is 26.9. The molecule has 2 aromatic carbocycles. The monoisotopic (exact) mass is 1100 g/mol. The second-order valence-electron chi connectivity index (χ2n) is 22.7. The summed E-state index contributed by atoms with van der Waals surface area (Å²) >= 11 is 0.950. The first-order chi connectivity index (χ1) is 35.8. The van der Waals surface area contributed by atoms with E-state index in [1.807, 2.05) is 0 Å². The average Bonchev–Trinajstić information content (AvgIpc) is 3.65. The summed E-state index contributed by atoms with van der Waals surface area (Å²) in [7, 11) is 0. The van der Waals surface area contributed by atoms with Gasteiger partial charge in [0.2, 0.25) is 11.4 Å². The summed E-state index contributed by atoms with van der Waals surface area (Å²) in [5, 5.41) is 4.35. The van der Waals surface area contributed by atoms with Crippen LogP contribution in [0.25, 0.3) is 16.9 Å². The van der Waals surface area contributed by atoms with E-state index in [9.17, 15) is 5.53 Å². The van der Waals surface area contributed by atoms with Crippen LogP contribution in [-0.4, -0.2) is 4.70 Å². The fraction of sp³-hybridized carbons (Fsp3) is 0.771. The normalized spacial score (nSPS) is 12.8. The molecule has 0 fully saturated rings. The van der Waals surface area contributed by atoms with Crippen molar-refractivity contribution in [2.24, 2.45) is 0 Å². The van der Waals surface area contributed by atoms with Gasteiger partial charge in [-0.1, -0.05) is 261 Å². The zero-order valence-corrected chi connectivity index (χ0v) is 52.2. The van der Waals surface area contributed by atoms with Crippen LogP contribution in [0, 0.1) is 0 Å². The summed E-state index contributed by atoms with van der Waals surface area (Å²) < 4.78 is 1.74. The molecule has 73 heavy (non-hydrogen) atoms. The Morgan fingerprint density at radius 1 is 0.288 bits per heavy atom. The van der Waals surface area contributed by atoms with Crippen molar-refractivity contribution >= 4 is 11.4 Å². The second kappa shape index (κ2) is 45.2. The molecule has 0 atom stereocenters. The summed E-state index contributed by atoms with van der Waals surface area (Å²) in [5.74, 6) is 0. The summed E-state index contributed by atoms with van der Waals surface area (Å²) in [6.45, 7) is 18.7. The van der Waals surface area contributed by atoms with Crippen LogP contribution >= 0.6 is 0 Å². The van der Waals surface area contributed by atoms with E-state index in [-0.39, 0.29) is 0 Å². The number of allylic oxidation sites excluding steroid dienone is 2. The van der Waals surface area contributed by atoms with Gasteiger partial charge in [0.1, 0.15) is 0 Å². The summed E-state index contributed by atoms with van der Waals surface area (Å²) in [6.07, 6.45) is 57.4. The molecular formula is C70H122N2Pd. The van der Waals surface area contributed by atoms with Gasteiger partial charge in [-0.15, -0.1) is 0 Å². The third-order valence-corrected chi connectivity index (χ3v) is 16.0. The number of rotatable bonds is 46. The average molecular weight is 1100 g/mol. The van der Waals surface area contributed by atoms with E-state index >= 15 is 0 Å². The maximum absolute atomic E-state index is 13.0. The number of hydrogen-bond donors (Lipinski definition) is 0. The third-order valence-electron chi connectivity index (χ3n) is 16.0. The number of unbranched alkanes of at least 4 members (excludes halogenated alkanes) is 28. The molecule has 0 bridgehead atoms. The van der Waals surface area contributed by atoms with Crippen molar-refractivity contribution in [1.82, 2.24) is 0 Å². The van der Waals surface area contributed by atoms with Crippen LogP contribution in [0.3, 0.4) is 0 Å². The Kier molecular flexibility index (Phi) is 41.7. The zero-order chi connectivity index (χ0) is 53.2. The van der Waals surface area contributed by atoms with Gasteiger partial charge < -0.3 is 5.53 Å². The van der Waals surface area contributed by atoms with Crippen LogP contribution in [-0.2, 0) is 56.5 Å². The standard InChI is InChI=1S/C68H116N2.2CH3.Pd/c1-9-17-21-22-23-24-25-26-27-28-29-30-31-32-33-34-35-36-37-38-39-40-44-52-66-65(51-43-20-12-4)67(61-53-57(45-13-5)63(49-41-18-10-2)58(54-61)46-14-6)70(69)68(66)62-55-59(47-15-7)64(50-42-19-11-3)60(56-62)48-16-8;;;/h53-56H,9-52H2,1-8H3;2*1H3;. The van der Waals surface area contributed by atoms with Gasteiger partial charge in [0.15, 0.2) is 0 Å². The minimum atomic E-state index is 0.950. The number of aryl methyl sites for hydroxylation is 4. The Morgan fingerprint density at radius 2 is 0.493 bits per heavy atom. The Hall–Kier alpha value is -1.82. The summed E-state index contributed by atoms with van der Waals surface area (Å²) in [4.78, 5) is 0. The second-order valence-corrected chi connectivity index (χ2v) is 24.3. The van der Waals surface area contributed by atoms with E-state index < -0.39 is 0 Å². The molecule has 1 heterocycles. The van der Waals surface area contributed by atoms with E-state index in [0.717, 1.165) is 93.6 Å². The predicted octanol–water partition coefficient (Wildman–Crippen LogP) is 24.3. The molecule has 0 spiro atoms. The molecule has 0 aliphatic carbocycles. The number of nitrogens with zero attached hydrogens (tertiary/aromatic N) is 2. The van der Waals surface area contributed by atoms with Crippen molar-refractivity contribution in [3.63, 3.8) is 0 Å². The first-order valence-corrected chi connectivity index (χ1v) is 35.4. The van der Waals surface area contributed by atoms with Crippen LogP contribution in [0.4, 0.5) is 0 Å². The Balaban J connectivity index is 0.00000593. The summed E-state index contributed by atoms with van der Waals surface area (Å²) in [6, 6.07) is 10.1. The van der Waals surface area contributed by atoms with Crippen LogP contribution in [0.1, 0.15) is 344 Å². The molecule has 0 amide bonds. The van der Waals surface area contributed by atoms with E-state index in [4.69, 9.17) is 0 Å². The minimum absolute atomic E-state index is 0.950. The number of benzene rings is 2. The SMILES string of the molecule is CCCCCCCCCCCCCCCCCCCCCCCCCC1=C(c2cc(CCC)c(CCCCC)c(CCC)c2)[N+](=[N-])C(c2cc(CCC)c(CCCCC)c(CCC)c2)=C1CCCCC.[CH3][Pd][CH3]. The molecule has 0 aromatic heterocycles. The van der Waals surface area contributed by atoms with Crippen LogP contribution in [0.15, 0.2) is 35.4 Å². The van der Waals surface area contributed by atoms with Gasteiger partial charge in [0.25, 0.3) is 0 Å². The molecule has 2 nitrogen and oxygen atoms in total. The molecule has 3 rings (SSSR count). The molecule has 0 unspecified atom stereocenters. The molecule has 0 radical (unpaired) electrons. The van der Waals surface area contributed by atoms with Gasteiger partial charge in [-0.05, 0) is 135 Å². The number of hydrogen-bond acceptors (Lipinski definition) is 0.